The Balaban J connectivity index is 1.46. The number of methoxy groups -OCH3 is 1. The van der Waals surface area contributed by atoms with Gasteiger partial charge >= 0.3 is 0 Å². The Morgan fingerprint density at radius 2 is 1.74 bits per heavy atom. The molecule has 140 valence electrons. The first-order valence-electron chi connectivity index (χ1n) is 9.62. The third-order valence-electron chi connectivity index (χ3n) is 5.60. The number of ether oxygens (including phenoxy) is 1. The highest BCUT2D eigenvalue weighted by molar-refractivity contribution is 5.61. The molecule has 0 atom stereocenters. The van der Waals surface area contributed by atoms with Crippen LogP contribution in [-0.4, -0.2) is 52.9 Å². The van der Waals surface area contributed by atoms with Crippen LogP contribution < -0.4 is 14.5 Å². The summed E-state index contributed by atoms with van der Waals surface area (Å²) in [6, 6.07) is 8.25. The molecule has 0 saturated carbocycles. The average molecular weight is 364 g/mol. The largest absolute Gasteiger partial charge is 0.495 e. The van der Waals surface area contributed by atoms with E-state index in [0.717, 1.165) is 56.4 Å². The van der Waals surface area contributed by atoms with Crippen molar-refractivity contribution < 1.29 is 4.74 Å². The summed E-state index contributed by atoms with van der Waals surface area (Å²) in [7, 11) is 1.74. The number of nitrogens with zero attached hydrogens (tertiary/aromatic N) is 6. The molecule has 7 nitrogen and oxygen atoms in total. The molecule has 0 unspecified atom stereocenters. The van der Waals surface area contributed by atoms with Crippen LogP contribution in [0.4, 0.5) is 11.5 Å². The number of rotatable bonds is 3. The van der Waals surface area contributed by atoms with Crippen LogP contribution in [0.1, 0.15) is 23.5 Å². The maximum absolute atomic E-state index is 5.55. The van der Waals surface area contributed by atoms with E-state index < -0.39 is 0 Å². The number of hydrogen-bond donors (Lipinski definition) is 0. The maximum Gasteiger partial charge on any atom is 0.254 e. The summed E-state index contributed by atoms with van der Waals surface area (Å²) in [5.41, 5.74) is 3.73. The van der Waals surface area contributed by atoms with Crippen LogP contribution in [0.25, 0.3) is 5.78 Å². The third kappa shape index (κ3) is 2.69. The molecule has 0 amide bonds. The van der Waals surface area contributed by atoms with E-state index in [9.17, 15) is 0 Å². The first-order chi connectivity index (χ1) is 13.2. The van der Waals surface area contributed by atoms with Crippen molar-refractivity contribution in [1.82, 2.24) is 19.6 Å². The number of aromatic nitrogens is 4. The van der Waals surface area contributed by atoms with Gasteiger partial charge in [-0.3, -0.25) is 0 Å². The van der Waals surface area contributed by atoms with Crippen LogP contribution in [0.15, 0.2) is 24.3 Å². The van der Waals surface area contributed by atoms with Gasteiger partial charge in [-0.2, -0.15) is 9.50 Å². The van der Waals surface area contributed by atoms with Crippen molar-refractivity contribution in [3.8, 4) is 5.75 Å². The normalized spacial score (nSPS) is 16.8. The van der Waals surface area contributed by atoms with Gasteiger partial charge in [0.1, 0.15) is 17.4 Å². The second-order valence-corrected chi connectivity index (χ2v) is 7.23. The van der Waals surface area contributed by atoms with Crippen LogP contribution in [0, 0.1) is 6.92 Å². The van der Waals surface area contributed by atoms with Gasteiger partial charge < -0.3 is 14.5 Å². The van der Waals surface area contributed by atoms with Crippen molar-refractivity contribution in [3.05, 3.63) is 41.3 Å². The number of para-hydroxylation sites is 2. The summed E-state index contributed by atoms with van der Waals surface area (Å²) >= 11 is 0. The zero-order chi connectivity index (χ0) is 18.4. The average Bonchev–Trinajstić information content (AvgIpc) is 3.31. The highest BCUT2D eigenvalue weighted by Gasteiger charge is 2.28. The van der Waals surface area contributed by atoms with Crippen molar-refractivity contribution in [2.45, 2.75) is 26.2 Å². The van der Waals surface area contributed by atoms with E-state index >= 15 is 0 Å². The van der Waals surface area contributed by atoms with Gasteiger partial charge in [0.15, 0.2) is 0 Å². The number of benzene rings is 1. The lowest BCUT2D eigenvalue weighted by molar-refractivity contribution is 0.413. The molecule has 0 bridgehead atoms. The molecule has 0 N–H and O–H groups in total. The summed E-state index contributed by atoms with van der Waals surface area (Å²) in [5.74, 6) is 3.65. The van der Waals surface area contributed by atoms with Crippen LogP contribution in [0.5, 0.6) is 5.75 Å². The molecule has 1 aromatic carbocycles. The monoisotopic (exact) mass is 364 g/mol. The summed E-state index contributed by atoms with van der Waals surface area (Å²) in [6.45, 7) is 5.73. The zero-order valence-electron chi connectivity index (χ0n) is 15.9. The number of hydrogen-bond acceptors (Lipinski definition) is 6. The lowest BCUT2D eigenvalue weighted by Gasteiger charge is -2.38. The smallest absolute Gasteiger partial charge is 0.254 e. The summed E-state index contributed by atoms with van der Waals surface area (Å²) in [6.07, 6.45) is 3.30. The fraction of sp³-hybridized carbons (Fsp3) is 0.450. The minimum atomic E-state index is 0.732. The standard InChI is InChI=1S/C20H24N6O/c1-14-21-20-22-16-7-5-6-15(16)19(26(20)23-14)25-12-10-24(11-13-25)17-8-3-4-9-18(17)27-2/h3-4,8-9H,5-7,10-13H2,1-2H3. The van der Waals surface area contributed by atoms with Gasteiger partial charge in [0.25, 0.3) is 5.78 Å². The van der Waals surface area contributed by atoms with Gasteiger partial charge in [0.05, 0.1) is 18.5 Å². The van der Waals surface area contributed by atoms with Gasteiger partial charge in [-0.05, 0) is 38.3 Å². The molecule has 7 heteroatoms. The summed E-state index contributed by atoms with van der Waals surface area (Å²) in [4.78, 5) is 14.1. The van der Waals surface area contributed by atoms with E-state index in [0.29, 0.717) is 0 Å². The molecular formula is C20H24N6O. The van der Waals surface area contributed by atoms with E-state index in [1.165, 1.54) is 29.2 Å². The van der Waals surface area contributed by atoms with Gasteiger partial charge in [-0.25, -0.2) is 4.98 Å². The molecule has 2 aromatic heterocycles. The Morgan fingerprint density at radius 3 is 2.56 bits per heavy atom. The van der Waals surface area contributed by atoms with Gasteiger partial charge in [0, 0.05) is 31.7 Å². The van der Waals surface area contributed by atoms with E-state index in [1.54, 1.807) is 7.11 Å². The third-order valence-corrected chi connectivity index (χ3v) is 5.60. The Labute approximate surface area is 158 Å². The minimum absolute atomic E-state index is 0.732. The fourth-order valence-corrected chi connectivity index (χ4v) is 4.33. The lowest BCUT2D eigenvalue weighted by Crippen LogP contribution is -2.47. The van der Waals surface area contributed by atoms with Crippen LogP contribution >= 0.6 is 0 Å². The highest BCUT2D eigenvalue weighted by atomic mass is 16.5. The Kier molecular flexibility index (Phi) is 3.88. The SMILES string of the molecule is COc1ccccc1N1CCN(c2c3c(nc4nc(C)nn24)CCC3)CC1. The van der Waals surface area contributed by atoms with Crippen LogP contribution in [0.3, 0.4) is 0 Å². The summed E-state index contributed by atoms with van der Waals surface area (Å²) in [5, 5.41) is 4.64. The Bertz CT molecular complexity index is 990. The van der Waals surface area contributed by atoms with Crippen LogP contribution in [0.2, 0.25) is 0 Å². The molecule has 1 saturated heterocycles. The van der Waals surface area contributed by atoms with E-state index in [-0.39, 0.29) is 0 Å². The molecule has 3 aromatic rings. The lowest BCUT2D eigenvalue weighted by atomic mass is 10.2. The van der Waals surface area contributed by atoms with Crippen molar-refractivity contribution in [3.63, 3.8) is 0 Å². The van der Waals surface area contributed by atoms with Gasteiger partial charge in [-0.1, -0.05) is 12.1 Å². The van der Waals surface area contributed by atoms with E-state index in [4.69, 9.17) is 9.72 Å². The molecule has 2 aliphatic rings. The second-order valence-electron chi connectivity index (χ2n) is 7.23. The van der Waals surface area contributed by atoms with Gasteiger partial charge in [0.2, 0.25) is 0 Å². The molecule has 0 spiro atoms. The summed E-state index contributed by atoms with van der Waals surface area (Å²) < 4.78 is 7.50. The number of aryl methyl sites for hydroxylation is 2. The van der Waals surface area contributed by atoms with E-state index in [2.05, 4.69) is 32.0 Å². The molecule has 1 aliphatic carbocycles. The second kappa shape index (κ2) is 6.40. The predicted molar refractivity (Wildman–Crippen MR) is 105 cm³/mol. The van der Waals surface area contributed by atoms with Crippen molar-refractivity contribution in [2.75, 3.05) is 43.1 Å². The Morgan fingerprint density at radius 1 is 0.963 bits per heavy atom. The molecule has 0 radical (unpaired) electrons. The van der Waals surface area contributed by atoms with Crippen molar-refractivity contribution in [1.29, 1.82) is 0 Å². The topological polar surface area (TPSA) is 58.8 Å². The quantitative estimate of drug-likeness (QED) is 0.711. The number of fused-ring (bicyclic) bond motifs is 2. The van der Waals surface area contributed by atoms with Crippen LogP contribution in [-0.2, 0) is 12.8 Å². The molecule has 5 rings (SSSR count). The van der Waals surface area contributed by atoms with Crippen molar-refractivity contribution in [2.24, 2.45) is 0 Å². The molecule has 27 heavy (non-hydrogen) atoms. The number of piperazine rings is 1. The first-order valence-corrected chi connectivity index (χ1v) is 9.62. The van der Waals surface area contributed by atoms with E-state index in [1.807, 2.05) is 23.6 Å². The maximum atomic E-state index is 5.55. The molecular weight excluding hydrogens is 340 g/mol. The molecule has 1 aliphatic heterocycles. The molecule has 3 heterocycles. The first kappa shape index (κ1) is 16.4. The zero-order valence-corrected chi connectivity index (χ0v) is 15.9. The molecule has 1 fully saturated rings. The van der Waals surface area contributed by atoms with Gasteiger partial charge in [-0.15, -0.1) is 5.10 Å². The predicted octanol–water partition coefficient (Wildman–Crippen LogP) is 2.26. The number of anilines is 2. The van der Waals surface area contributed by atoms with Crippen molar-refractivity contribution >= 4 is 17.3 Å². The minimum Gasteiger partial charge on any atom is -0.495 e. The highest BCUT2D eigenvalue weighted by Crippen LogP contribution is 2.33. The fourth-order valence-electron chi connectivity index (χ4n) is 4.33. The Hall–Kier alpha value is -2.83.